The van der Waals surface area contributed by atoms with E-state index in [1.807, 2.05) is 0 Å². The van der Waals surface area contributed by atoms with Gasteiger partial charge in [0.2, 0.25) is 0 Å². The molecule has 1 rings (SSSR count). The number of rotatable bonds is 0. The van der Waals surface area contributed by atoms with Crippen molar-refractivity contribution in [3.63, 3.8) is 0 Å². The molecular formula is C3H7BN2. The summed E-state index contributed by atoms with van der Waals surface area (Å²) in [6, 6.07) is 0. The Morgan fingerprint density at radius 2 is 2.50 bits per heavy atom. The lowest BCUT2D eigenvalue weighted by Gasteiger charge is -2.00. The lowest BCUT2D eigenvalue weighted by atomic mass is 10.3. The molecule has 1 N–H and O–H groups in total. The molecule has 0 saturated carbocycles. The van der Waals surface area contributed by atoms with Crippen LogP contribution in [-0.4, -0.2) is 32.6 Å². The zero-order chi connectivity index (χ0) is 4.41. The van der Waals surface area contributed by atoms with Gasteiger partial charge in [-0.25, -0.2) is 0 Å². The average Bonchev–Trinajstić information content (AvgIpc) is 1.86. The van der Waals surface area contributed by atoms with E-state index in [1.54, 1.807) is 4.81 Å². The second-order valence-electron chi connectivity index (χ2n) is 1.47. The highest BCUT2D eigenvalue weighted by atomic mass is 15.2. The van der Waals surface area contributed by atoms with Gasteiger partial charge in [-0.05, 0) is 6.54 Å². The van der Waals surface area contributed by atoms with Crippen LogP contribution >= 0.6 is 0 Å². The molecule has 0 aliphatic carbocycles. The van der Waals surface area contributed by atoms with Gasteiger partial charge in [0.25, 0.3) is 0 Å². The van der Waals surface area contributed by atoms with Crippen LogP contribution in [0.5, 0.6) is 0 Å². The van der Waals surface area contributed by atoms with Crippen LogP contribution in [0.4, 0.5) is 0 Å². The van der Waals surface area contributed by atoms with E-state index in [1.165, 1.54) is 0 Å². The first-order chi connectivity index (χ1) is 2.89. The van der Waals surface area contributed by atoms with Crippen LogP contribution in [0.3, 0.4) is 0 Å². The minimum atomic E-state index is 0.847. The van der Waals surface area contributed by atoms with Crippen molar-refractivity contribution in [3.8, 4) is 0 Å². The Labute approximate surface area is 38.9 Å². The van der Waals surface area contributed by atoms with Gasteiger partial charge in [-0.2, -0.15) is 0 Å². The second-order valence-corrected chi connectivity index (χ2v) is 1.47. The highest BCUT2D eigenvalue weighted by Gasteiger charge is 2.01. The molecule has 0 aromatic rings. The molecule has 1 aliphatic rings. The Hall–Kier alpha value is -0.0151. The maximum Gasteiger partial charge on any atom is 0.184 e. The van der Waals surface area contributed by atoms with E-state index < -0.39 is 0 Å². The van der Waals surface area contributed by atoms with E-state index in [9.17, 15) is 0 Å². The fourth-order valence-corrected chi connectivity index (χ4v) is 0.524. The summed E-state index contributed by atoms with van der Waals surface area (Å²) in [7, 11) is 5.31. The van der Waals surface area contributed by atoms with Gasteiger partial charge < -0.3 is 10.1 Å². The van der Waals surface area contributed by atoms with E-state index in [0.717, 1.165) is 19.8 Å². The van der Waals surface area contributed by atoms with Crippen LogP contribution in [0.2, 0.25) is 0 Å². The maximum absolute atomic E-state index is 5.31. The first kappa shape index (κ1) is 4.15. The molecular weight excluding hydrogens is 74.9 g/mol. The Bertz CT molecular complexity index is 42.1. The molecule has 0 bridgehead atoms. The summed E-state index contributed by atoms with van der Waals surface area (Å²) in [5.41, 5.74) is 0. The van der Waals surface area contributed by atoms with Gasteiger partial charge in [0.1, 0.15) is 0 Å². The molecule has 1 heterocycles. The Kier molecular flexibility index (Phi) is 1.12. The standard InChI is InChI=1S/C3H7BN2/c4-6-2-1-5-3-6/h5H,1-3H2. The fraction of sp³-hybridized carbons (Fsp3) is 1.00. The van der Waals surface area contributed by atoms with E-state index in [2.05, 4.69) is 5.32 Å². The molecule has 32 valence electrons. The topological polar surface area (TPSA) is 15.3 Å². The van der Waals surface area contributed by atoms with E-state index in [0.29, 0.717) is 0 Å². The average molecular weight is 81.9 g/mol. The zero-order valence-electron chi connectivity index (χ0n) is 3.65. The van der Waals surface area contributed by atoms with E-state index >= 15 is 0 Å². The first-order valence-corrected chi connectivity index (χ1v) is 2.10. The van der Waals surface area contributed by atoms with Gasteiger partial charge >= 0.3 is 0 Å². The third kappa shape index (κ3) is 0.728. The van der Waals surface area contributed by atoms with Gasteiger partial charge in [-0.3, -0.25) is 0 Å². The Balaban J connectivity index is 2.18. The lowest BCUT2D eigenvalue weighted by Crippen LogP contribution is -2.17. The molecule has 1 aliphatic heterocycles. The van der Waals surface area contributed by atoms with Gasteiger partial charge in [-0.1, -0.05) is 0 Å². The van der Waals surface area contributed by atoms with Crippen molar-refractivity contribution in [2.75, 3.05) is 19.8 Å². The Morgan fingerprint density at radius 3 is 2.67 bits per heavy atom. The summed E-state index contributed by atoms with van der Waals surface area (Å²) in [4.78, 5) is 1.75. The third-order valence-electron chi connectivity index (χ3n) is 0.891. The van der Waals surface area contributed by atoms with Gasteiger partial charge in [-0.15, -0.1) is 0 Å². The molecule has 0 atom stereocenters. The number of nitrogens with one attached hydrogen (secondary N) is 1. The van der Waals surface area contributed by atoms with Crippen LogP contribution < -0.4 is 5.32 Å². The molecule has 2 radical (unpaired) electrons. The molecule has 0 amide bonds. The van der Waals surface area contributed by atoms with Crippen LogP contribution in [-0.2, 0) is 0 Å². The van der Waals surface area contributed by atoms with Crippen molar-refractivity contribution in [3.05, 3.63) is 0 Å². The fourth-order valence-electron chi connectivity index (χ4n) is 0.524. The summed E-state index contributed by atoms with van der Waals surface area (Å²) in [5.74, 6) is 0. The minimum Gasteiger partial charge on any atom is -0.341 e. The van der Waals surface area contributed by atoms with Crippen molar-refractivity contribution in [2.24, 2.45) is 0 Å². The van der Waals surface area contributed by atoms with Crippen molar-refractivity contribution in [1.82, 2.24) is 10.1 Å². The molecule has 0 unspecified atom stereocenters. The van der Waals surface area contributed by atoms with E-state index in [-0.39, 0.29) is 0 Å². The normalized spacial score (nSPS) is 25.3. The summed E-state index contributed by atoms with van der Waals surface area (Å²) in [6.45, 7) is 2.87. The predicted molar refractivity (Wildman–Crippen MR) is 25.3 cm³/mol. The number of hydrogen-bond acceptors (Lipinski definition) is 2. The zero-order valence-corrected chi connectivity index (χ0v) is 3.65. The van der Waals surface area contributed by atoms with Crippen LogP contribution in [0, 0.1) is 0 Å². The van der Waals surface area contributed by atoms with Gasteiger partial charge in [0.05, 0.1) is 0 Å². The predicted octanol–water partition coefficient (Wildman–Crippen LogP) is -1.07. The highest BCUT2D eigenvalue weighted by molar-refractivity contribution is 6.04. The molecule has 1 fully saturated rings. The summed E-state index contributed by atoms with van der Waals surface area (Å²) >= 11 is 0. The molecule has 0 aromatic carbocycles. The monoisotopic (exact) mass is 82.1 g/mol. The number of hydrogen-bond donors (Lipinski definition) is 1. The molecule has 0 aromatic heterocycles. The largest absolute Gasteiger partial charge is 0.341 e. The van der Waals surface area contributed by atoms with Crippen molar-refractivity contribution in [1.29, 1.82) is 0 Å². The summed E-state index contributed by atoms with van der Waals surface area (Å²) in [6.07, 6.45) is 0. The lowest BCUT2D eigenvalue weighted by molar-refractivity contribution is 0.555. The molecule has 6 heavy (non-hydrogen) atoms. The Morgan fingerprint density at radius 1 is 1.67 bits per heavy atom. The first-order valence-electron chi connectivity index (χ1n) is 2.10. The van der Waals surface area contributed by atoms with Crippen LogP contribution in [0.15, 0.2) is 0 Å². The quantitative estimate of drug-likeness (QED) is 0.374. The van der Waals surface area contributed by atoms with Crippen LogP contribution in [0.1, 0.15) is 0 Å². The third-order valence-corrected chi connectivity index (χ3v) is 0.891. The maximum atomic E-state index is 5.31. The molecule has 3 heteroatoms. The van der Waals surface area contributed by atoms with Crippen molar-refractivity contribution >= 4 is 7.98 Å². The van der Waals surface area contributed by atoms with Gasteiger partial charge in [0, 0.05) is 13.2 Å². The molecule has 2 nitrogen and oxygen atoms in total. The molecule has 0 spiro atoms. The molecule has 1 saturated heterocycles. The van der Waals surface area contributed by atoms with Crippen LogP contribution in [0.25, 0.3) is 0 Å². The van der Waals surface area contributed by atoms with Gasteiger partial charge in [0.15, 0.2) is 7.98 Å². The summed E-state index contributed by atoms with van der Waals surface area (Å²) in [5, 5.41) is 3.07. The smallest absolute Gasteiger partial charge is 0.184 e. The summed E-state index contributed by atoms with van der Waals surface area (Å²) < 4.78 is 0. The van der Waals surface area contributed by atoms with Crippen molar-refractivity contribution < 1.29 is 0 Å². The minimum absolute atomic E-state index is 0.847. The van der Waals surface area contributed by atoms with E-state index in [4.69, 9.17) is 7.98 Å². The second kappa shape index (κ2) is 1.62. The van der Waals surface area contributed by atoms with Crippen molar-refractivity contribution in [2.45, 2.75) is 0 Å². The SMILES string of the molecule is [B]N1CCNC1. The highest BCUT2D eigenvalue weighted by Crippen LogP contribution is 1.81. The number of nitrogens with zero attached hydrogens (tertiary/aromatic N) is 1.